The lowest BCUT2D eigenvalue weighted by Gasteiger charge is -2.48. The molecule has 0 saturated heterocycles. The summed E-state index contributed by atoms with van der Waals surface area (Å²) in [5, 5.41) is 9.15. The van der Waals surface area contributed by atoms with Crippen molar-refractivity contribution in [1.82, 2.24) is 10.3 Å². The predicted molar refractivity (Wildman–Crippen MR) is 118 cm³/mol. The smallest absolute Gasteiger partial charge is 0.407 e. The maximum Gasteiger partial charge on any atom is 0.407 e. The van der Waals surface area contributed by atoms with E-state index in [4.69, 9.17) is 14.5 Å². The summed E-state index contributed by atoms with van der Waals surface area (Å²) in [5.74, 6) is 0.826. The SMILES string of the molecule is CNC(=O)OC1(C(C)(C)C)CCC(Nc2nc(-c3cccc(OC)c3)cs2)CC1. The molecule has 2 N–H and O–H groups in total. The van der Waals surface area contributed by atoms with E-state index in [0.29, 0.717) is 6.04 Å². The lowest BCUT2D eigenvalue weighted by atomic mass is 9.67. The summed E-state index contributed by atoms with van der Waals surface area (Å²) < 4.78 is 11.2. The average Bonchev–Trinajstić information content (AvgIpc) is 3.17. The van der Waals surface area contributed by atoms with Crippen LogP contribution in [0, 0.1) is 5.41 Å². The summed E-state index contributed by atoms with van der Waals surface area (Å²) in [5.41, 5.74) is 1.42. The molecular weight excluding hydrogens is 386 g/mol. The number of carbonyl (C=O) groups excluding carboxylic acids is 1. The minimum Gasteiger partial charge on any atom is -0.497 e. The molecule has 7 heteroatoms. The molecule has 2 aromatic rings. The third-order valence-corrected chi connectivity index (χ3v) is 6.62. The van der Waals surface area contributed by atoms with Crippen molar-refractivity contribution in [3.05, 3.63) is 29.6 Å². The second kappa shape index (κ2) is 8.61. The predicted octanol–water partition coefficient (Wildman–Crippen LogP) is 5.31. The summed E-state index contributed by atoms with van der Waals surface area (Å²) in [6, 6.07) is 8.26. The molecule has 6 nitrogen and oxygen atoms in total. The number of alkyl carbamates (subject to hydrolysis) is 1. The molecule has 158 valence electrons. The Balaban J connectivity index is 1.65. The Morgan fingerprint density at radius 3 is 2.62 bits per heavy atom. The van der Waals surface area contributed by atoms with Gasteiger partial charge in [-0.2, -0.15) is 0 Å². The standard InChI is InChI=1S/C22H31N3O3S/c1-21(2,3)22(28-20(26)23-4)11-9-16(10-12-22)24-19-25-18(14-29-19)15-7-6-8-17(13-15)27-5/h6-8,13-14,16H,9-12H2,1-5H3,(H,23,26)(H,24,25). The van der Waals surface area contributed by atoms with Crippen LogP contribution in [0.4, 0.5) is 9.93 Å². The lowest BCUT2D eigenvalue weighted by Crippen LogP contribution is -2.52. The van der Waals surface area contributed by atoms with E-state index in [0.717, 1.165) is 47.8 Å². The van der Waals surface area contributed by atoms with E-state index >= 15 is 0 Å². The van der Waals surface area contributed by atoms with E-state index < -0.39 is 5.60 Å². The van der Waals surface area contributed by atoms with Gasteiger partial charge in [0.2, 0.25) is 0 Å². The number of ether oxygens (including phenoxy) is 2. The van der Waals surface area contributed by atoms with Crippen molar-refractivity contribution >= 4 is 22.6 Å². The molecule has 0 spiro atoms. The minimum atomic E-state index is -0.445. The molecule has 1 amide bonds. The number of aromatic nitrogens is 1. The van der Waals surface area contributed by atoms with E-state index in [2.05, 4.69) is 36.8 Å². The quantitative estimate of drug-likeness (QED) is 0.689. The Labute approximate surface area is 177 Å². The van der Waals surface area contributed by atoms with Gasteiger partial charge in [0, 0.05) is 29.4 Å². The number of benzene rings is 1. The second-order valence-electron chi connectivity index (χ2n) is 8.57. The Hall–Kier alpha value is -2.28. The van der Waals surface area contributed by atoms with Crippen LogP contribution in [0.3, 0.4) is 0 Å². The molecule has 0 atom stereocenters. The van der Waals surface area contributed by atoms with Crippen LogP contribution in [0.25, 0.3) is 11.3 Å². The number of amides is 1. The highest BCUT2D eigenvalue weighted by Gasteiger charge is 2.47. The number of rotatable bonds is 5. The van der Waals surface area contributed by atoms with Gasteiger partial charge in [0.15, 0.2) is 5.13 Å². The third kappa shape index (κ3) is 4.83. The van der Waals surface area contributed by atoms with E-state index in [-0.39, 0.29) is 11.5 Å². The van der Waals surface area contributed by atoms with Crippen molar-refractivity contribution in [1.29, 1.82) is 0 Å². The number of nitrogens with zero attached hydrogens (tertiary/aromatic N) is 1. The van der Waals surface area contributed by atoms with E-state index in [1.54, 1.807) is 25.5 Å². The van der Waals surface area contributed by atoms with Gasteiger partial charge in [-0.3, -0.25) is 0 Å². The van der Waals surface area contributed by atoms with Gasteiger partial charge in [0.25, 0.3) is 0 Å². The summed E-state index contributed by atoms with van der Waals surface area (Å²) in [4.78, 5) is 16.7. The van der Waals surface area contributed by atoms with Crippen LogP contribution in [0.15, 0.2) is 29.6 Å². The molecule has 1 saturated carbocycles. The Kier molecular flexibility index (Phi) is 6.36. The van der Waals surface area contributed by atoms with Gasteiger partial charge in [0.05, 0.1) is 12.8 Å². The molecule has 1 aliphatic carbocycles. The zero-order valence-electron chi connectivity index (χ0n) is 17.9. The summed E-state index contributed by atoms with van der Waals surface area (Å²) >= 11 is 1.61. The highest BCUT2D eigenvalue weighted by atomic mass is 32.1. The maximum absolute atomic E-state index is 11.9. The zero-order valence-corrected chi connectivity index (χ0v) is 18.7. The van der Waals surface area contributed by atoms with Crippen molar-refractivity contribution in [2.45, 2.75) is 58.1 Å². The first-order valence-corrected chi connectivity index (χ1v) is 10.9. The number of thiazole rings is 1. The molecule has 0 radical (unpaired) electrons. The van der Waals surface area contributed by atoms with Gasteiger partial charge < -0.3 is 20.1 Å². The molecule has 1 aliphatic rings. The first-order valence-electron chi connectivity index (χ1n) is 10.0. The van der Waals surface area contributed by atoms with Gasteiger partial charge in [0.1, 0.15) is 11.4 Å². The first-order chi connectivity index (χ1) is 13.8. The molecule has 0 aliphatic heterocycles. The lowest BCUT2D eigenvalue weighted by molar-refractivity contribution is -0.0928. The van der Waals surface area contributed by atoms with Crippen LogP contribution in [0.5, 0.6) is 5.75 Å². The number of carbonyl (C=O) groups is 1. The summed E-state index contributed by atoms with van der Waals surface area (Å²) in [6.07, 6.45) is 3.17. The van der Waals surface area contributed by atoms with Gasteiger partial charge in [-0.1, -0.05) is 32.9 Å². The molecule has 1 aromatic heterocycles. The van der Waals surface area contributed by atoms with Crippen molar-refractivity contribution < 1.29 is 14.3 Å². The normalized spacial score (nSPS) is 22.0. The molecule has 1 aromatic carbocycles. The van der Waals surface area contributed by atoms with Gasteiger partial charge in [-0.25, -0.2) is 9.78 Å². The minimum absolute atomic E-state index is 0.120. The van der Waals surface area contributed by atoms with E-state index in [1.807, 2.05) is 24.3 Å². The molecule has 3 rings (SSSR count). The fourth-order valence-electron chi connectivity index (χ4n) is 3.89. The van der Waals surface area contributed by atoms with Crippen LogP contribution < -0.4 is 15.4 Å². The molecular formula is C22H31N3O3S. The van der Waals surface area contributed by atoms with Crippen molar-refractivity contribution in [3.8, 4) is 17.0 Å². The monoisotopic (exact) mass is 417 g/mol. The van der Waals surface area contributed by atoms with E-state index in [9.17, 15) is 4.79 Å². The highest BCUT2D eigenvalue weighted by molar-refractivity contribution is 7.14. The topological polar surface area (TPSA) is 72.5 Å². The zero-order chi connectivity index (χ0) is 21.1. The Morgan fingerprint density at radius 1 is 1.28 bits per heavy atom. The number of methoxy groups -OCH3 is 1. The van der Waals surface area contributed by atoms with E-state index in [1.165, 1.54) is 0 Å². The molecule has 1 heterocycles. The summed E-state index contributed by atoms with van der Waals surface area (Å²) in [6.45, 7) is 6.43. The van der Waals surface area contributed by atoms with Gasteiger partial charge in [-0.15, -0.1) is 11.3 Å². The number of hydrogen-bond acceptors (Lipinski definition) is 6. The fourth-order valence-corrected chi connectivity index (χ4v) is 4.69. The average molecular weight is 418 g/mol. The van der Waals surface area contributed by atoms with Crippen LogP contribution in [-0.2, 0) is 4.74 Å². The Bertz CT molecular complexity index is 836. The first kappa shape index (κ1) is 21.4. The molecule has 29 heavy (non-hydrogen) atoms. The van der Waals surface area contributed by atoms with Crippen LogP contribution >= 0.6 is 11.3 Å². The van der Waals surface area contributed by atoms with Gasteiger partial charge >= 0.3 is 6.09 Å². The van der Waals surface area contributed by atoms with Crippen LogP contribution in [-0.4, -0.2) is 36.9 Å². The molecule has 0 bridgehead atoms. The van der Waals surface area contributed by atoms with Crippen molar-refractivity contribution in [3.63, 3.8) is 0 Å². The van der Waals surface area contributed by atoms with Crippen molar-refractivity contribution in [2.75, 3.05) is 19.5 Å². The number of hydrogen-bond donors (Lipinski definition) is 2. The molecule has 1 fully saturated rings. The number of nitrogens with one attached hydrogen (secondary N) is 2. The summed E-state index contributed by atoms with van der Waals surface area (Å²) in [7, 11) is 3.27. The molecule has 0 unspecified atom stereocenters. The van der Waals surface area contributed by atoms with Gasteiger partial charge in [-0.05, 0) is 37.8 Å². The second-order valence-corrected chi connectivity index (χ2v) is 9.43. The Morgan fingerprint density at radius 2 is 2.00 bits per heavy atom. The largest absolute Gasteiger partial charge is 0.497 e. The number of anilines is 1. The maximum atomic E-state index is 11.9. The van der Waals surface area contributed by atoms with Crippen LogP contribution in [0.2, 0.25) is 0 Å². The highest BCUT2D eigenvalue weighted by Crippen LogP contribution is 2.45. The third-order valence-electron chi connectivity index (χ3n) is 5.85. The van der Waals surface area contributed by atoms with Crippen LogP contribution in [0.1, 0.15) is 46.5 Å². The van der Waals surface area contributed by atoms with Crippen molar-refractivity contribution in [2.24, 2.45) is 5.41 Å². The fraction of sp³-hybridized carbons (Fsp3) is 0.545.